The van der Waals surface area contributed by atoms with Crippen molar-refractivity contribution in [2.75, 3.05) is 25.6 Å². The smallest absolute Gasteiger partial charge is 0.338 e. The number of benzene rings is 2. The number of nitro groups is 1. The first kappa shape index (κ1) is 22.9. The third-order valence-corrected chi connectivity index (χ3v) is 4.47. The van der Waals surface area contributed by atoms with Crippen LogP contribution in [0.1, 0.15) is 42.2 Å². The molecular weight excluding hydrogens is 386 g/mol. The van der Waals surface area contributed by atoms with Crippen molar-refractivity contribution in [1.82, 2.24) is 5.32 Å². The van der Waals surface area contributed by atoms with Gasteiger partial charge in [-0.1, -0.05) is 44.2 Å². The van der Waals surface area contributed by atoms with Crippen molar-refractivity contribution in [2.24, 2.45) is 5.92 Å². The summed E-state index contributed by atoms with van der Waals surface area (Å²) in [6.07, 6.45) is 0.738. The number of nitrogens with one attached hydrogen (secondary N) is 1. The Balaban J connectivity index is 2.03. The Hall–Kier alpha value is -3.42. The molecule has 0 aliphatic rings. The van der Waals surface area contributed by atoms with E-state index in [1.165, 1.54) is 12.1 Å². The topological polar surface area (TPSA) is 102 Å². The lowest BCUT2D eigenvalue weighted by Crippen LogP contribution is -2.33. The molecule has 2 rings (SSSR count). The van der Waals surface area contributed by atoms with Gasteiger partial charge >= 0.3 is 5.97 Å². The average Bonchev–Trinajstić information content (AvgIpc) is 2.71. The molecule has 0 saturated heterocycles. The van der Waals surface area contributed by atoms with E-state index in [0.29, 0.717) is 11.6 Å². The standard InChI is InChI=1S/C22H27N3O5/c1-15(2)12-18(16-8-6-5-7-9-16)23-21(26)14-30-22(27)17-10-11-19(24(3)4)20(13-17)25(28)29/h5-11,13,15,18H,12,14H2,1-4H3,(H,23,26)/t18-/m0/s1. The number of hydrogen-bond donors (Lipinski definition) is 1. The first-order valence-electron chi connectivity index (χ1n) is 9.66. The number of rotatable bonds is 9. The van der Waals surface area contributed by atoms with Gasteiger partial charge in [0, 0.05) is 20.2 Å². The van der Waals surface area contributed by atoms with Crippen molar-refractivity contribution >= 4 is 23.3 Å². The van der Waals surface area contributed by atoms with E-state index in [0.717, 1.165) is 18.1 Å². The second kappa shape index (κ2) is 10.4. The molecule has 0 unspecified atom stereocenters. The van der Waals surface area contributed by atoms with Gasteiger partial charge in [-0.3, -0.25) is 14.9 Å². The zero-order valence-electron chi connectivity index (χ0n) is 17.6. The maximum Gasteiger partial charge on any atom is 0.338 e. The predicted octanol–water partition coefficient (Wildman–Crippen LogP) is 3.72. The van der Waals surface area contributed by atoms with Crippen LogP contribution in [-0.2, 0) is 9.53 Å². The zero-order valence-corrected chi connectivity index (χ0v) is 17.6. The lowest BCUT2D eigenvalue weighted by Gasteiger charge is -2.21. The maximum absolute atomic E-state index is 12.4. The van der Waals surface area contributed by atoms with Crippen LogP contribution >= 0.6 is 0 Å². The van der Waals surface area contributed by atoms with Crippen molar-refractivity contribution in [3.05, 3.63) is 69.8 Å². The number of carbonyl (C=O) groups excluding carboxylic acids is 2. The first-order valence-corrected chi connectivity index (χ1v) is 9.66. The van der Waals surface area contributed by atoms with Crippen molar-refractivity contribution in [1.29, 1.82) is 0 Å². The molecule has 0 bridgehead atoms. The fourth-order valence-electron chi connectivity index (χ4n) is 3.06. The monoisotopic (exact) mass is 413 g/mol. The SMILES string of the molecule is CC(C)C[C@H](NC(=O)COC(=O)c1ccc(N(C)C)c([N+](=O)[O-])c1)c1ccccc1. The molecule has 8 nitrogen and oxygen atoms in total. The van der Waals surface area contributed by atoms with Crippen LogP contribution in [0.15, 0.2) is 48.5 Å². The molecule has 0 fully saturated rings. The predicted molar refractivity (Wildman–Crippen MR) is 114 cm³/mol. The van der Waals surface area contributed by atoms with Crippen LogP contribution in [0.4, 0.5) is 11.4 Å². The lowest BCUT2D eigenvalue weighted by molar-refractivity contribution is -0.384. The number of ether oxygens (including phenoxy) is 1. The summed E-state index contributed by atoms with van der Waals surface area (Å²) in [7, 11) is 3.34. The molecule has 2 aromatic rings. The Morgan fingerprint density at radius 1 is 1.13 bits per heavy atom. The van der Waals surface area contributed by atoms with Crippen LogP contribution in [0, 0.1) is 16.0 Å². The number of nitro benzene ring substituents is 1. The normalized spacial score (nSPS) is 11.6. The van der Waals surface area contributed by atoms with Crippen molar-refractivity contribution in [3.8, 4) is 0 Å². The highest BCUT2D eigenvalue weighted by Crippen LogP contribution is 2.28. The summed E-state index contributed by atoms with van der Waals surface area (Å²) in [5.74, 6) is -0.871. The number of anilines is 1. The summed E-state index contributed by atoms with van der Waals surface area (Å²) in [4.78, 5) is 37.0. The number of nitrogens with zero attached hydrogens (tertiary/aromatic N) is 2. The Kier molecular flexibility index (Phi) is 7.91. The molecular formula is C22H27N3O5. The van der Waals surface area contributed by atoms with E-state index in [1.54, 1.807) is 19.0 Å². The quantitative estimate of drug-likeness (QED) is 0.382. The Morgan fingerprint density at radius 3 is 2.37 bits per heavy atom. The minimum Gasteiger partial charge on any atom is -0.452 e. The van der Waals surface area contributed by atoms with Gasteiger partial charge in [0.2, 0.25) is 0 Å². The van der Waals surface area contributed by atoms with Gasteiger partial charge in [-0.15, -0.1) is 0 Å². The van der Waals surface area contributed by atoms with Crippen LogP contribution in [-0.4, -0.2) is 37.5 Å². The van der Waals surface area contributed by atoms with Crippen molar-refractivity contribution < 1.29 is 19.2 Å². The molecule has 160 valence electrons. The van der Waals surface area contributed by atoms with Gasteiger partial charge in [-0.2, -0.15) is 0 Å². The summed E-state index contributed by atoms with van der Waals surface area (Å²) in [6, 6.07) is 13.4. The van der Waals surface area contributed by atoms with Gasteiger partial charge in [0.1, 0.15) is 5.69 Å². The molecule has 30 heavy (non-hydrogen) atoms. The van der Waals surface area contributed by atoms with Crippen molar-refractivity contribution in [3.63, 3.8) is 0 Å². The van der Waals surface area contributed by atoms with E-state index in [-0.39, 0.29) is 17.3 Å². The molecule has 0 aliphatic heterocycles. The van der Waals surface area contributed by atoms with E-state index in [2.05, 4.69) is 19.2 Å². The highest BCUT2D eigenvalue weighted by molar-refractivity contribution is 5.93. The van der Waals surface area contributed by atoms with E-state index in [1.807, 2.05) is 30.3 Å². The Bertz CT molecular complexity index is 897. The van der Waals surface area contributed by atoms with Gasteiger partial charge in [-0.05, 0) is 30.0 Å². The molecule has 0 spiro atoms. The maximum atomic E-state index is 12.4. The van der Waals surface area contributed by atoms with Gasteiger partial charge in [0.25, 0.3) is 11.6 Å². The molecule has 1 N–H and O–H groups in total. The summed E-state index contributed by atoms with van der Waals surface area (Å²) in [5, 5.41) is 14.2. The van der Waals surface area contributed by atoms with Crippen LogP contribution in [0.25, 0.3) is 0 Å². The zero-order chi connectivity index (χ0) is 22.3. The van der Waals surface area contributed by atoms with Crippen LogP contribution in [0.5, 0.6) is 0 Å². The molecule has 0 saturated carbocycles. The van der Waals surface area contributed by atoms with Crippen LogP contribution in [0.3, 0.4) is 0 Å². The molecule has 1 atom stereocenters. The molecule has 8 heteroatoms. The molecule has 1 amide bonds. The summed E-state index contributed by atoms with van der Waals surface area (Å²) in [6.45, 7) is 3.66. The third-order valence-electron chi connectivity index (χ3n) is 4.47. The average molecular weight is 413 g/mol. The largest absolute Gasteiger partial charge is 0.452 e. The second-order valence-electron chi connectivity index (χ2n) is 7.59. The molecule has 0 aliphatic carbocycles. The number of carbonyl (C=O) groups is 2. The molecule has 0 aromatic heterocycles. The second-order valence-corrected chi connectivity index (χ2v) is 7.59. The number of hydrogen-bond acceptors (Lipinski definition) is 6. The van der Waals surface area contributed by atoms with Crippen LogP contribution < -0.4 is 10.2 Å². The summed E-state index contributed by atoms with van der Waals surface area (Å²) >= 11 is 0. The van der Waals surface area contributed by atoms with E-state index >= 15 is 0 Å². The van der Waals surface area contributed by atoms with Gasteiger partial charge in [0.15, 0.2) is 6.61 Å². The number of amides is 1. The lowest BCUT2D eigenvalue weighted by atomic mass is 9.97. The fourth-order valence-corrected chi connectivity index (χ4v) is 3.06. The summed E-state index contributed by atoms with van der Waals surface area (Å²) in [5.41, 5.74) is 1.15. The minimum atomic E-state index is -0.793. The van der Waals surface area contributed by atoms with Crippen molar-refractivity contribution in [2.45, 2.75) is 26.3 Å². The Morgan fingerprint density at radius 2 is 1.80 bits per heavy atom. The van der Waals surface area contributed by atoms with E-state index < -0.39 is 23.4 Å². The Labute approximate surface area is 176 Å². The fraction of sp³-hybridized carbons (Fsp3) is 0.364. The molecule has 0 radical (unpaired) electrons. The van der Waals surface area contributed by atoms with Gasteiger partial charge in [0.05, 0.1) is 16.5 Å². The molecule has 0 heterocycles. The number of esters is 1. The molecule has 2 aromatic carbocycles. The highest BCUT2D eigenvalue weighted by Gasteiger charge is 2.21. The van der Waals surface area contributed by atoms with Gasteiger partial charge < -0.3 is 15.0 Å². The van der Waals surface area contributed by atoms with Gasteiger partial charge in [-0.25, -0.2) is 4.79 Å². The minimum absolute atomic E-state index is 0.0156. The first-order chi connectivity index (χ1) is 14.2. The van der Waals surface area contributed by atoms with E-state index in [9.17, 15) is 19.7 Å². The van der Waals surface area contributed by atoms with E-state index in [4.69, 9.17) is 4.74 Å². The van der Waals surface area contributed by atoms with Crippen LogP contribution in [0.2, 0.25) is 0 Å². The summed E-state index contributed by atoms with van der Waals surface area (Å²) < 4.78 is 5.08. The third kappa shape index (κ3) is 6.30. The highest BCUT2D eigenvalue weighted by atomic mass is 16.6.